The number of thiazole rings is 1. The fraction of sp³-hybridized carbons (Fsp3) is 0.385. The lowest BCUT2D eigenvalue weighted by atomic mass is 9.98. The summed E-state index contributed by atoms with van der Waals surface area (Å²) in [5.41, 5.74) is 4.27. The molecule has 0 radical (unpaired) electrons. The minimum absolute atomic E-state index is 0.190. The molecular weight excluding hydrogens is 572 g/mol. The number of nitrogens with zero attached hydrogens (tertiary/aromatic N) is 3. The SMILES string of the molecule is Cc1cc(S(=O)(=O)Nc2cscn2)c(F)cc1N(C)C1CCN([C@H](C)c2ccccc2)CC1.O=C(O)C(F)(F)F. The number of halogens is 4. The lowest BCUT2D eigenvalue weighted by Gasteiger charge is -2.40. The van der Waals surface area contributed by atoms with Crippen LogP contribution in [0, 0.1) is 12.7 Å². The molecule has 1 atom stereocenters. The highest BCUT2D eigenvalue weighted by Crippen LogP contribution is 2.32. The number of hydrogen-bond donors (Lipinski definition) is 2. The van der Waals surface area contributed by atoms with Gasteiger partial charge in [0.05, 0.1) is 5.51 Å². The number of rotatable bonds is 7. The zero-order valence-electron chi connectivity index (χ0n) is 22.0. The number of aromatic nitrogens is 1. The molecule has 1 saturated heterocycles. The topological polar surface area (TPSA) is 103 Å². The Morgan fingerprint density at radius 3 is 2.33 bits per heavy atom. The molecule has 0 bridgehead atoms. The Kier molecular flexibility index (Phi) is 10.1. The molecule has 0 saturated carbocycles. The maximum Gasteiger partial charge on any atom is 0.490 e. The average Bonchev–Trinajstić information content (AvgIpc) is 3.41. The van der Waals surface area contributed by atoms with Crippen LogP contribution in [0.4, 0.5) is 29.1 Å². The summed E-state index contributed by atoms with van der Waals surface area (Å²) in [7, 11) is -2.09. The number of anilines is 2. The highest BCUT2D eigenvalue weighted by atomic mass is 32.2. The zero-order valence-corrected chi connectivity index (χ0v) is 23.7. The van der Waals surface area contributed by atoms with Gasteiger partial charge in [0, 0.05) is 43.3 Å². The van der Waals surface area contributed by atoms with E-state index in [0.29, 0.717) is 6.04 Å². The van der Waals surface area contributed by atoms with Gasteiger partial charge >= 0.3 is 12.1 Å². The van der Waals surface area contributed by atoms with Crippen molar-refractivity contribution in [3.05, 3.63) is 70.3 Å². The normalized spacial score (nSPS) is 15.6. The lowest BCUT2D eigenvalue weighted by Crippen LogP contribution is -2.44. The third kappa shape index (κ3) is 7.92. The van der Waals surface area contributed by atoms with Crippen molar-refractivity contribution >= 4 is 38.8 Å². The van der Waals surface area contributed by atoms with E-state index in [4.69, 9.17) is 9.90 Å². The molecule has 40 heavy (non-hydrogen) atoms. The molecule has 218 valence electrons. The van der Waals surface area contributed by atoms with E-state index in [-0.39, 0.29) is 16.8 Å². The second kappa shape index (κ2) is 13.0. The van der Waals surface area contributed by atoms with Crippen LogP contribution >= 0.6 is 11.3 Å². The molecule has 4 rings (SSSR count). The summed E-state index contributed by atoms with van der Waals surface area (Å²) in [5, 5.41) is 8.69. The lowest BCUT2D eigenvalue weighted by molar-refractivity contribution is -0.192. The molecule has 1 aliphatic rings. The summed E-state index contributed by atoms with van der Waals surface area (Å²) >= 11 is 1.26. The van der Waals surface area contributed by atoms with Crippen LogP contribution in [0.2, 0.25) is 0 Å². The van der Waals surface area contributed by atoms with Crippen molar-refractivity contribution in [2.45, 2.75) is 49.8 Å². The monoisotopic (exact) mass is 602 g/mol. The second-order valence-corrected chi connectivity index (χ2v) is 11.7. The standard InChI is InChI=1S/C24H29FN4O2S2.C2HF3O2/c1-17-13-23(33(30,31)27-24-15-32-16-26-24)21(25)14-22(17)28(3)20-9-11-29(12-10-20)18(2)19-7-5-4-6-8-19;3-2(4,5)1(6)7/h4-8,13-16,18,20,27H,9-12H2,1-3H3;(H,6,7)/t18-;/m1./s1. The number of sulfonamides is 1. The Balaban J connectivity index is 0.000000559. The van der Waals surface area contributed by atoms with Crippen LogP contribution in [0.1, 0.15) is 36.9 Å². The van der Waals surface area contributed by atoms with E-state index in [1.54, 1.807) is 5.38 Å². The summed E-state index contributed by atoms with van der Waals surface area (Å²) in [4.78, 5) is 17.0. The average molecular weight is 603 g/mol. The minimum atomic E-state index is -5.08. The van der Waals surface area contributed by atoms with E-state index in [0.717, 1.165) is 37.2 Å². The van der Waals surface area contributed by atoms with Crippen LogP contribution in [0.3, 0.4) is 0 Å². The molecule has 3 aromatic rings. The predicted octanol–water partition coefficient (Wildman–Crippen LogP) is 5.69. The van der Waals surface area contributed by atoms with E-state index < -0.39 is 28.0 Å². The first-order chi connectivity index (χ1) is 18.7. The smallest absolute Gasteiger partial charge is 0.475 e. The van der Waals surface area contributed by atoms with Crippen LogP contribution in [-0.2, 0) is 14.8 Å². The van der Waals surface area contributed by atoms with Crippen molar-refractivity contribution in [1.29, 1.82) is 0 Å². The van der Waals surface area contributed by atoms with E-state index in [2.05, 4.69) is 50.7 Å². The Bertz CT molecular complexity index is 1380. The fourth-order valence-electron chi connectivity index (χ4n) is 4.49. The molecular formula is C26H30F4N4O4S2. The minimum Gasteiger partial charge on any atom is -0.475 e. The van der Waals surface area contributed by atoms with Gasteiger partial charge < -0.3 is 10.0 Å². The fourth-order valence-corrected chi connectivity index (χ4v) is 6.19. The first-order valence-electron chi connectivity index (χ1n) is 12.2. The second-order valence-electron chi connectivity index (χ2n) is 9.32. The number of carbonyl (C=O) groups is 1. The maximum atomic E-state index is 15.0. The highest BCUT2D eigenvalue weighted by Gasteiger charge is 2.38. The van der Waals surface area contributed by atoms with Crippen molar-refractivity contribution < 1.29 is 35.9 Å². The highest BCUT2D eigenvalue weighted by molar-refractivity contribution is 7.92. The number of carboxylic acids is 1. The van der Waals surface area contributed by atoms with E-state index in [1.165, 1.54) is 34.5 Å². The molecule has 0 aliphatic carbocycles. The number of aliphatic carboxylic acids is 1. The van der Waals surface area contributed by atoms with E-state index >= 15 is 0 Å². The van der Waals surface area contributed by atoms with Gasteiger partial charge in [-0.05, 0) is 49.9 Å². The van der Waals surface area contributed by atoms with Crippen LogP contribution in [0.15, 0.2) is 58.3 Å². The number of carboxylic acid groups (broad SMARTS) is 1. The van der Waals surface area contributed by atoms with Crippen LogP contribution in [0.5, 0.6) is 0 Å². The first-order valence-corrected chi connectivity index (χ1v) is 14.7. The third-order valence-electron chi connectivity index (χ3n) is 6.71. The molecule has 2 N–H and O–H groups in total. The number of benzene rings is 2. The predicted molar refractivity (Wildman–Crippen MR) is 146 cm³/mol. The van der Waals surface area contributed by atoms with Crippen molar-refractivity contribution in [2.24, 2.45) is 0 Å². The van der Waals surface area contributed by atoms with Crippen LogP contribution < -0.4 is 9.62 Å². The quantitative estimate of drug-likeness (QED) is 0.335. The Hall–Kier alpha value is -3.23. The molecule has 0 spiro atoms. The van der Waals surface area contributed by atoms with Gasteiger partial charge in [-0.3, -0.25) is 9.62 Å². The third-order valence-corrected chi connectivity index (χ3v) is 8.67. The summed E-state index contributed by atoms with van der Waals surface area (Å²) in [6.07, 6.45) is -3.17. The Labute approximate surface area is 234 Å². The van der Waals surface area contributed by atoms with E-state index in [9.17, 15) is 26.0 Å². The molecule has 1 aromatic heterocycles. The van der Waals surface area contributed by atoms with Gasteiger partial charge in [-0.2, -0.15) is 13.2 Å². The van der Waals surface area contributed by atoms with Crippen LogP contribution in [0.25, 0.3) is 0 Å². The summed E-state index contributed by atoms with van der Waals surface area (Å²) in [6.45, 7) is 5.96. The molecule has 1 aliphatic heterocycles. The molecule has 2 aromatic carbocycles. The zero-order chi connectivity index (χ0) is 29.7. The number of likely N-dealkylation sites (tertiary alicyclic amines) is 1. The van der Waals surface area contributed by atoms with E-state index in [1.807, 2.05) is 20.0 Å². The van der Waals surface area contributed by atoms with Crippen molar-refractivity contribution in [3.63, 3.8) is 0 Å². The molecule has 0 unspecified atom stereocenters. The van der Waals surface area contributed by atoms with Gasteiger partial charge in [-0.25, -0.2) is 22.6 Å². The molecule has 2 heterocycles. The summed E-state index contributed by atoms with van der Waals surface area (Å²) in [5.74, 6) is -3.33. The summed E-state index contributed by atoms with van der Waals surface area (Å²) < 4.78 is 74.4. The molecule has 0 amide bonds. The number of aryl methyl sites for hydroxylation is 1. The van der Waals surface area contributed by atoms with Gasteiger partial charge in [-0.1, -0.05) is 30.3 Å². The largest absolute Gasteiger partial charge is 0.490 e. The number of piperidine rings is 1. The number of hydrogen-bond acceptors (Lipinski definition) is 7. The summed E-state index contributed by atoms with van der Waals surface area (Å²) in [6, 6.07) is 13.8. The van der Waals surface area contributed by atoms with Crippen molar-refractivity contribution in [1.82, 2.24) is 9.88 Å². The van der Waals surface area contributed by atoms with Gasteiger partial charge in [-0.15, -0.1) is 11.3 Å². The molecule has 8 nitrogen and oxygen atoms in total. The van der Waals surface area contributed by atoms with Crippen molar-refractivity contribution in [3.8, 4) is 0 Å². The van der Waals surface area contributed by atoms with Crippen LogP contribution in [-0.4, -0.2) is 61.7 Å². The van der Waals surface area contributed by atoms with Gasteiger partial charge in [0.2, 0.25) is 0 Å². The van der Waals surface area contributed by atoms with Crippen molar-refractivity contribution in [2.75, 3.05) is 29.8 Å². The van der Waals surface area contributed by atoms with Gasteiger partial charge in [0.15, 0.2) is 5.82 Å². The first kappa shape index (κ1) is 31.3. The van der Waals surface area contributed by atoms with Gasteiger partial charge in [0.25, 0.3) is 10.0 Å². The molecule has 14 heteroatoms. The Morgan fingerprint density at radius 2 is 1.80 bits per heavy atom. The maximum absolute atomic E-state index is 15.0. The Morgan fingerprint density at radius 1 is 1.20 bits per heavy atom. The number of nitrogens with one attached hydrogen (secondary N) is 1. The number of alkyl halides is 3. The van der Waals surface area contributed by atoms with Gasteiger partial charge in [0.1, 0.15) is 10.7 Å². The molecule has 1 fully saturated rings.